The van der Waals surface area contributed by atoms with Crippen molar-refractivity contribution in [3.05, 3.63) is 48.0 Å². The van der Waals surface area contributed by atoms with Crippen LogP contribution in [0.15, 0.2) is 42.5 Å². The van der Waals surface area contributed by atoms with Crippen LogP contribution in [0.25, 0.3) is 11.1 Å². The van der Waals surface area contributed by atoms with Crippen molar-refractivity contribution in [2.24, 2.45) is 0 Å². The lowest BCUT2D eigenvalue weighted by molar-refractivity contribution is 0.125. The lowest BCUT2D eigenvalue weighted by Gasteiger charge is -2.13. The number of phenols is 2. The van der Waals surface area contributed by atoms with Gasteiger partial charge in [-0.2, -0.15) is 0 Å². The second-order valence-corrected chi connectivity index (χ2v) is 8.58. The lowest BCUT2D eigenvalue weighted by atomic mass is 9.94. The minimum absolute atomic E-state index is 0.212. The van der Waals surface area contributed by atoms with Gasteiger partial charge in [-0.15, -0.1) is 0 Å². The second kappa shape index (κ2) is 15.8. The highest BCUT2D eigenvalue weighted by molar-refractivity contribution is 5.78. The average Bonchev–Trinajstić information content (AvgIpc) is 2.77. The normalized spacial score (nSPS) is 11.1. The summed E-state index contributed by atoms with van der Waals surface area (Å²) in [6.07, 6.45) is 16.0. The molecule has 0 atom stereocenters. The lowest BCUT2D eigenvalue weighted by Crippen LogP contribution is -1.97. The van der Waals surface area contributed by atoms with Crippen LogP contribution in [0.4, 0.5) is 0 Å². The van der Waals surface area contributed by atoms with E-state index in [1.807, 2.05) is 18.2 Å². The summed E-state index contributed by atoms with van der Waals surface area (Å²) in [5.41, 5.74) is 2.57. The summed E-state index contributed by atoms with van der Waals surface area (Å²) in [6, 6.07) is 12.9. The van der Waals surface area contributed by atoms with Gasteiger partial charge in [0.25, 0.3) is 0 Å². The van der Waals surface area contributed by atoms with Gasteiger partial charge in [0, 0.05) is 24.3 Å². The van der Waals surface area contributed by atoms with E-state index in [2.05, 4.69) is 13.0 Å². The minimum Gasteiger partial charge on any atom is -0.507 e. The third kappa shape index (κ3) is 9.78. The van der Waals surface area contributed by atoms with Crippen LogP contribution in [0, 0.1) is 0 Å². The van der Waals surface area contributed by atoms with Gasteiger partial charge in [-0.25, -0.2) is 0 Å². The van der Waals surface area contributed by atoms with Gasteiger partial charge < -0.3 is 14.9 Å². The number of hydrogen-bond donors (Lipinski definition) is 2. The summed E-state index contributed by atoms with van der Waals surface area (Å²) in [7, 11) is 0. The van der Waals surface area contributed by atoms with E-state index in [9.17, 15) is 10.2 Å². The molecule has 0 aliphatic carbocycles. The van der Waals surface area contributed by atoms with Gasteiger partial charge in [0.05, 0.1) is 0 Å². The molecule has 3 nitrogen and oxygen atoms in total. The van der Waals surface area contributed by atoms with E-state index in [0.717, 1.165) is 37.2 Å². The Morgan fingerprint density at radius 2 is 1.19 bits per heavy atom. The van der Waals surface area contributed by atoms with Crippen molar-refractivity contribution >= 4 is 0 Å². The topological polar surface area (TPSA) is 49.7 Å². The fraction of sp³-hybridized carbons (Fsp3) is 0.571. The molecule has 0 amide bonds. The molecule has 172 valence electrons. The van der Waals surface area contributed by atoms with Crippen LogP contribution >= 0.6 is 0 Å². The molecular formula is C28H42O3. The Balaban J connectivity index is 1.55. The van der Waals surface area contributed by atoms with Crippen molar-refractivity contribution in [2.75, 3.05) is 13.2 Å². The van der Waals surface area contributed by atoms with E-state index in [1.54, 1.807) is 18.2 Å². The molecule has 31 heavy (non-hydrogen) atoms. The van der Waals surface area contributed by atoms with Crippen LogP contribution in [-0.4, -0.2) is 23.4 Å². The van der Waals surface area contributed by atoms with Crippen molar-refractivity contribution in [2.45, 2.75) is 90.4 Å². The molecule has 0 spiro atoms. The molecule has 2 rings (SSSR count). The molecule has 0 aliphatic rings. The number of benzene rings is 2. The summed E-state index contributed by atoms with van der Waals surface area (Å²) < 4.78 is 5.76. The molecule has 0 radical (unpaired) electrons. The fourth-order valence-corrected chi connectivity index (χ4v) is 4.10. The zero-order chi connectivity index (χ0) is 22.2. The Morgan fingerprint density at radius 1 is 0.613 bits per heavy atom. The molecule has 0 aliphatic heterocycles. The van der Waals surface area contributed by atoms with Gasteiger partial charge in [0.15, 0.2) is 0 Å². The highest BCUT2D eigenvalue weighted by Gasteiger charge is 2.13. The van der Waals surface area contributed by atoms with Crippen LogP contribution < -0.4 is 0 Å². The Bertz CT molecular complexity index is 726. The molecule has 0 unspecified atom stereocenters. The Kier molecular flexibility index (Phi) is 12.8. The monoisotopic (exact) mass is 426 g/mol. The zero-order valence-electron chi connectivity index (χ0n) is 19.5. The van der Waals surface area contributed by atoms with Crippen LogP contribution in [-0.2, 0) is 11.2 Å². The van der Waals surface area contributed by atoms with E-state index in [1.165, 1.54) is 70.6 Å². The first-order valence-electron chi connectivity index (χ1n) is 12.4. The van der Waals surface area contributed by atoms with Gasteiger partial charge >= 0.3 is 0 Å². The van der Waals surface area contributed by atoms with Gasteiger partial charge in [-0.05, 0) is 43.4 Å². The molecule has 0 fully saturated rings. The maximum Gasteiger partial charge on any atom is 0.123 e. The number of hydrogen-bond acceptors (Lipinski definition) is 3. The van der Waals surface area contributed by atoms with Crippen LogP contribution in [0.3, 0.4) is 0 Å². The van der Waals surface area contributed by atoms with Gasteiger partial charge in [0.1, 0.15) is 11.5 Å². The predicted octanol–water partition coefficient (Wildman–Crippen LogP) is 8.03. The molecule has 0 bridgehead atoms. The first kappa shape index (κ1) is 25.3. The van der Waals surface area contributed by atoms with Crippen molar-refractivity contribution in [3.63, 3.8) is 0 Å². The molecule has 0 heterocycles. The zero-order valence-corrected chi connectivity index (χ0v) is 19.5. The number of para-hydroxylation sites is 1. The van der Waals surface area contributed by atoms with Gasteiger partial charge in [-0.1, -0.05) is 95.0 Å². The summed E-state index contributed by atoms with van der Waals surface area (Å²) in [5, 5.41) is 20.6. The smallest absolute Gasteiger partial charge is 0.123 e. The second-order valence-electron chi connectivity index (χ2n) is 8.58. The number of aromatic hydroxyl groups is 2. The first-order chi connectivity index (χ1) is 15.2. The summed E-state index contributed by atoms with van der Waals surface area (Å²) in [6.45, 7) is 4.09. The van der Waals surface area contributed by atoms with Crippen molar-refractivity contribution in [1.82, 2.24) is 0 Å². The largest absolute Gasteiger partial charge is 0.507 e. The van der Waals surface area contributed by atoms with Gasteiger partial charge in [-0.3, -0.25) is 0 Å². The van der Waals surface area contributed by atoms with E-state index in [4.69, 9.17) is 4.74 Å². The maximum absolute atomic E-state index is 10.4. The summed E-state index contributed by atoms with van der Waals surface area (Å²) in [5.74, 6) is 0.448. The van der Waals surface area contributed by atoms with E-state index >= 15 is 0 Å². The fourth-order valence-electron chi connectivity index (χ4n) is 4.10. The number of phenolic OH excluding ortho intramolecular Hbond substituents is 2. The number of ether oxygens (including phenoxy) is 1. The molecule has 0 saturated heterocycles. The summed E-state index contributed by atoms with van der Waals surface area (Å²) in [4.78, 5) is 0. The number of aryl methyl sites for hydroxylation is 1. The highest BCUT2D eigenvalue weighted by Crippen LogP contribution is 2.38. The highest BCUT2D eigenvalue weighted by atomic mass is 16.5. The molecular weight excluding hydrogens is 384 g/mol. The van der Waals surface area contributed by atoms with Crippen molar-refractivity contribution < 1.29 is 14.9 Å². The molecule has 2 aromatic rings. The minimum atomic E-state index is 0.212. The van der Waals surface area contributed by atoms with E-state index in [0.29, 0.717) is 5.56 Å². The molecule has 2 aromatic carbocycles. The quantitative estimate of drug-likeness (QED) is 0.252. The molecule has 0 aromatic heterocycles. The number of rotatable bonds is 17. The first-order valence-corrected chi connectivity index (χ1v) is 12.4. The Labute approximate surface area is 189 Å². The molecule has 0 saturated carbocycles. The van der Waals surface area contributed by atoms with Crippen molar-refractivity contribution in [1.29, 1.82) is 0 Å². The molecule has 2 N–H and O–H groups in total. The SMILES string of the molecule is CCCCCCCCOCCCCCCCCc1cccc(O)c1-c1ccccc1O. The van der Waals surface area contributed by atoms with Crippen LogP contribution in [0.5, 0.6) is 11.5 Å². The Hall–Kier alpha value is -2.00. The maximum atomic E-state index is 10.4. The number of unbranched alkanes of at least 4 members (excludes halogenated alkanes) is 10. The standard InChI is InChI=1S/C28H42O3/c1-2-3-4-5-9-14-22-31-23-15-10-7-6-8-11-17-24-18-16-21-27(30)28(24)25-19-12-13-20-26(25)29/h12-13,16,18-21,29-30H,2-11,14-15,17,22-23H2,1H3. The third-order valence-electron chi connectivity index (χ3n) is 5.93. The van der Waals surface area contributed by atoms with Crippen LogP contribution in [0.1, 0.15) is 89.5 Å². The molecule has 3 heteroatoms. The third-order valence-corrected chi connectivity index (χ3v) is 5.93. The van der Waals surface area contributed by atoms with E-state index in [-0.39, 0.29) is 11.5 Å². The van der Waals surface area contributed by atoms with Crippen molar-refractivity contribution in [3.8, 4) is 22.6 Å². The van der Waals surface area contributed by atoms with Gasteiger partial charge in [0.2, 0.25) is 0 Å². The van der Waals surface area contributed by atoms with E-state index < -0.39 is 0 Å². The summed E-state index contributed by atoms with van der Waals surface area (Å²) >= 11 is 0. The average molecular weight is 427 g/mol. The van der Waals surface area contributed by atoms with Crippen LogP contribution in [0.2, 0.25) is 0 Å². The Morgan fingerprint density at radius 3 is 1.87 bits per heavy atom. The predicted molar refractivity (Wildman–Crippen MR) is 131 cm³/mol.